The molecule has 0 radical (unpaired) electrons. The molecule has 0 bridgehead atoms. The van der Waals surface area contributed by atoms with Gasteiger partial charge in [0.15, 0.2) is 0 Å². The molecular formula is C13H24BN3O4. The maximum Gasteiger partial charge on any atom is 0.451 e. The van der Waals surface area contributed by atoms with Crippen molar-refractivity contribution >= 4 is 13.1 Å². The van der Waals surface area contributed by atoms with E-state index in [1.807, 2.05) is 20.8 Å². The second-order valence-corrected chi connectivity index (χ2v) is 6.75. The molecule has 0 aliphatic heterocycles. The van der Waals surface area contributed by atoms with Crippen LogP contribution in [0, 0.1) is 11.3 Å². The maximum absolute atomic E-state index is 12.3. The standard InChI is InChI=1S/C13H24BN3O4/c1-12(2,3)21-11(18)10-5-7-13(10,9-16-17-15)6-4-8-14(19)20/h10,19-20H,4-9H2,1-3H3/t10-,13-/m1/s1. The summed E-state index contributed by atoms with van der Waals surface area (Å²) in [5.41, 5.74) is 7.59. The third-order valence-corrected chi connectivity index (χ3v) is 3.95. The normalized spacial score (nSPS) is 24.7. The molecule has 1 fully saturated rings. The van der Waals surface area contributed by atoms with Crippen LogP contribution >= 0.6 is 0 Å². The number of azide groups is 1. The summed E-state index contributed by atoms with van der Waals surface area (Å²) in [6.07, 6.45) is 2.94. The quantitative estimate of drug-likeness (QED) is 0.246. The zero-order chi connectivity index (χ0) is 16.1. The van der Waals surface area contributed by atoms with E-state index in [0.717, 1.165) is 12.8 Å². The van der Waals surface area contributed by atoms with Gasteiger partial charge in [-0.2, -0.15) is 0 Å². The molecule has 8 heteroatoms. The fourth-order valence-corrected chi connectivity index (χ4v) is 2.81. The number of carbonyl (C=O) groups is 1. The van der Waals surface area contributed by atoms with Crippen LogP contribution in [0.4, 0.5) is 0 Å². The highest BCUT2D eigenvalue weighted by atomic mass is 16.6. The second-order valence-electron chi connectivity index (χ2n) is 6.75. The Kier molecular flexibility index (Phi) is 6.07. The third-order valence-electron chi connectivity index (χ3n) is 3.95. The van der Waals surface area contributed by atoms with Gasteiger partial charge in [0.05, 0.1) is 5.92 Å². The van der Waals surface area contributed by atoms with Crippen molar-refractivity contribution in [1.29, 1.82) is 0 Å². The lowest BCUT2D eigenvalue weighted by atomic mass is 9.57. The van der Waals surface area contributed by atoms with Gasteiger partial charge in [-0.3, -0.25) is 4.79 Å². The minimum atomic E-state index is -1.35. The van der Waals surface area contributed by atoms with Crippen LogP contribution in [0.1, 0.15) is 46.5 Å². The molecule has 1 aliphatic rings. The van der Waals surface area contributed by atoms with Crippen molar-refractivity contribution in [2.45, 2.75) is 58.4 Å². The monoisotopic (exact) mass is 297 g/mol. The van der Waals surface area contributed by atoms with Crippen molar-refractivity contribution < 1.29 is 19.6 Å². The highest BCUT2D eigenvalue weighted by Crippen LogP contribution is 2.51. The number of hydrogen-bond donors (Lipinski definition) is 2. The molecule has 2 atom stereocenters. The van der Waals surface area contributed by atoms with Gasteiger partial charge < -0.3 is 14.8 Å². The molecule has 21 heavy (non-hydrogen) atoms. The molecule has 0 spiro atoms. The third kappa shape index (κ3) is 5.23. The number of hydrogen-bond acceptors (Lipinski definition) is 5. The first-order chi connectivity index (χ1) is 9.70. The lowest BCUT2D eigenvalue weighted by molar-refractivity contribution is -0.172. The number of rotatable bonds is 7. The predicted molar refractivity (Wildman–Crippen MR) is 79.2 cm³/mol. The second kappa shape index (κ2) is 7.16. The molecule has 0 saturated heterocycles. The van der Waals surface area contributed by atoms with E-state index < -0.39 is 18.1 Å². The van der Waals surface area contributed by atoms with Gasteiger partial charge in [-0.25, -0.2) is 0 Å². The Morgan fingerprint density at radius 2 is 2.19 bits per heavy atom. The summed E-state index contributed by atoms with van der Waals surface area (Å²) in [5, 5.41) is 21.5. The first-order valence-corrected chi connectivity index (χ1v) is 7.30. The van der Waals surface area contributed by atoms with Gasteiger partial charge in [0.25, 0.3) is 0 Å². The van der Waals surface area contributed by atoms with Crippen molar-refractivity contribution in [2.24, 2.45) is 16.4 Å². The average Bonchev–Trinajstić information content (AvgIpc) is 2.29. The lowest BCUT2D eigenvalue weighted by Gasteiger charge is -2.48. The smallest absolute Gasteiger partial charge is 0.451 e. The number of esters is 1. The molecule has 0 aromatic carbocycles. The van der Waals surface area contributed by atoms with Gasteiger partial charge >= 0.3 is 13.1 Å². The maximum atomic E-state index is 12.3. The molecular weight excluding hydrogens is 273 g/mol. The Hall–Kier alpha value is -1.24. The Morgan fingerprint density at radius 1 is 1.52 bits per heavy atom. The molecule has 7 nitrogen and oxygen atoms in total. The Morgan fingerprint density at radius 3 is 2.62 bits per heavy atom. The summed E-state index contributed by atoms with van der Waals surface area (Å²) >= 11 is 0. The van der Waals surface area contributed by atoms with Crippen molar-refractivity contribution in [3.63, 3.8) is 0 Å². The van der Waals surface area contributed by atoms with Gasteiger partial charge in [0.1, 0.15) is 5.60 Å². The molecule has 1 saturated carbocycles. The topological polar surface area (TPSA) is 116 Å². The fraction of sp³-hybridized carbons (Fsp3) is 0.923. The number of nitrogens with zero attached hydrogens (tertiary/aromatic N) is 3. The zero-order valence-electron chi connectivity index (χ0n) is 12.9. The molecule has 118 valence electrons. The summed E-state index contributed by atoms with van der Waals surface area (Å²) < 4.78 is 5.43. The molecule has 0 aromatic rings. The zero-order valence-corrected chi connectivity index (χ0v) is 12.9. The van der Waals surface area contributed by atoms with E-state index in [0.29, 0.717) is 12.8 Å². The summed E-state index contributed by atoms with van der Waals surface area (Å²) in [7, 11) is -1.35. The van der Waals surface area contributed by atoms with Gasteiger partial charge in [-0.1, -0.05) is 11.5 Å². The molecule has 1 rings (SSSR count). The number of ether oxygens (including phenoxy) is 1. The van der Waals surface area contributed by atoms with Crippen LogP contribution < -0.4 is 0 Å². The molecule has 0 unspecified atom stereocenters. The van der Waals surface area contributed by atoms with Crippen LogP contribution in [0.15, 0.2) is 5.11 Å². The molecule has 1 aliphatic carbocycles. The van der Waals surface area contributed by atoms with Gasteiger partial charge in [0, 0.05) is 11.5 Å². The Balaban J connectivity index is 2.72. The largest absolute Gasteiger partial charge is 0.460 e. The van der Waals surface area contributed by atoms with Gasteiger partial charge in [-0.05, 0) is 57.3 Å². The van der Waals surface area contributed by atoms with E-state index in [9.17, 15) is 4.79 Å². The van der Waals surface area contributed by atoms with Crippen LogP contribution in [-0.4, -0.2) is 35.3 Å². The molecule has 0 aromatic heterocycles. The first kappa shape index (κ1) is 17.8. The predicted octanol–water partition coefficient (Wildman–Crippen LogP) is 2.29. The first-order valence-electron chi connectivity index (χ1n) is 7.30. The van der Waals surface area contributed by atoms with Crippen molar-refractivity contribution in [1.82, 2.24) is 0 Å². The van der Waals surface area contributed by atoms with Gasteiger partial charge in [0.2, 0.25) is 0 Å². The number of carbonyl (C=O) groups excluding carboxylic acids is 1. The van der Waals surface area contributed by atoms with Crippen molar-refractivity contribution in [2.75, 3.05) is 6.54 Å². The van der Waals surface area contributed by atoms with Crippen LogP contribution in [-0.2, 0) is 9.53 Å². The van der Waals surface area contributed by atoms with Crippen molar-refractivity contribution in [3.8, 4) is 0 Å². The van der Waals surface area contributed by atoms with E-state index in [2.05, 4.69) is 10.0 Å². The highest BCUT2D eigenvalue weighted by molar-refractivity contribution is 6.40. The molecule has 2 N–H and O–H groups in total. The van der Waals surface area contributed by atoms with Crippen LogP contribution in [0.2, 0.25) is 6.32 Å². The van der Waals surface area contributed by atoms with Crippen LogP contribution in [0.3, 0.4) is 0 Å². The minimum absolute atomic E-state index is 0.245. The summed E-state index contributed by atoms with van der Waals surface area (Å²) in [4.78, 5) is 15.0. The van der Waals surface area contributed by atoms with E-state index in [1.54, 1.807) is 0 Å². The van der Waals surface area contributed by atoms with E-state index in [-0.39, 0.29) is 24.8 Å². The SMILES string of the molecule is CC(C)(C)OC(=O)[C@H]1CC[C@]1(CCCB(O)O)CN=[N+]=[N-]. The lowest BCUT2D eigenvalue weighted by Crippen LogP contribution is -2.49. The van der Waals surface area contributed by atoms with E-state index >= 15 is 0 Å². The summed E-state index contributed by atoms with van der Waals surface area (Å²) in [5.74, 6) is -0.538. The fourth-order valence-electron chi connectivity index (χ4n) is 2.81. The summed E-state index contributed by atoms with van der Waals surface area (Å²) in [6, 6.07) is 0. The Bertz CT molecular complexity index is 418. The minimum Gasteiger partial charge on any atom is -0.460 e. The average molecular weight is 297 g/mol. The van der Waals surface area contributed by atoms with E-state index in [1.165, 1.54) is 0 Å². The van der Waals surface area contributed by atoms with Crippen molar-refractivity contribution in [3.05, 3.63) is 10.4 Å². The molecule has 0 amide bonds. The van der Waals surface area contributed by atoms with Crippen LogP contribution in [0.5, 0.6) is 0 Å². The van der Waals surface area contributed by atoms with Gasteiger partial charge in [-0.15, -0.1) is 0 Å². The molecule has 0 heterocycles. The highest BCUT2D eigenvalue weighted by Gasteiger charge is 2.51. The van der Waals surface area contributed by atoms with Crippen LogP contribution in [0.25, 0.3) is 10.4 Å². The van der Waals surface area contributed by atoms with E-state index in [4.69, 9.17) is 20.3 Å². The Labute approximate surface area is 125 Å². The summed E-state index contributed by atoms with van der Waals surface area (Å²) in [6.45, 7) is 5.71.